The molecule has 6 rings (SSSR count). The first-order chi connectivity index (χ1) is 25.4. The number of carbonyl (C=O) groups excluding carboxylic acids is 2. The normalized spacial score (nSPS) is 21.3. The molecule has 54 heavy (non-hydrogen) atoms. The van der Waals surface area contributed by atoms with E-state index in [0.29, 0.717) is 56.6 Å². The molecule has 2 aliphatic heterocycles. The fourth-order valence-electron chi connectivity index (χ4n) is 7.87. The van der Waals surface area contributed by atoms with E-state index in [1.165, 1.54) is 31.3 Å². The van der Waals surface area contributed by atoms with Crippen LogP contribution in [0.3, 0.4) is 0 Å². The second-order valence-electron chi connectivity index (χ2n) is 14.1. The van der Waals surface area contributed by atoms with Gasteiger partial charge in [0.1, 0.15) is 31.3 Å². The number of rotatable bonds is 10. The summed E-state index contributed by atoms with van der Waals surface area (Å²) < 4.78 is 108. The second-order valence-corrected chi connectivity index (χ2v) is 14.1. The summed E-state index contributed by atoms with van der Waals surface area (Å²) in [7, 11) is 1.40. The summed E-state index contributed by atoms with van der Waals surface area (Å²) in [4.78, 5) is 41.6. The average Bonchev–Trinajstić information content (AvgIpc) is 3.69. The van der Waals surface area contributed by atoms with E-state index in [9.17, 15) is 45.1 Å². The summed E-state index contributed by atoms with van der Waals surface area (Å²) in [6, 6.07) is 14.1. The number of ether oxygens (including phenoxy) is 2. The number of piperidine rings is 1. The van der Waals surface area contributed by atoms with Crippen molar-refractivity contribution < 1.29 is 59.7 Å². The van der Waals surface area contributed by atoms with Crippen LogP contribution < -0.4 is 0 Å². The Balaban J connectivity index is 1.18. The minimum absolute atomic E-state index is 0.0398. The molecule has 0 bridgehead atoms. The molecule has 0 aromatic heterocycles. The predicted molar refractivity (Wildman–Crippen MR) is 179 cm³/mol. The first-order valence-corrected chi connectivity index (χ1v) is 17.3. The lowest BCUT2D eigenvalue weighted by Crippen LogP contribution is -2.50. The van der Waals surface area contributed by atoms with Gasteiger partial charge in [-0.3, -0.25) is 14.4 Å². The van der Waals surface area contributed by atoms with Gasteiger partial charge < -0.3 is 29.3 Å². The van der Waals surface area contributed by atoms with Gasteiger partial charge in [-0.05, 0) is 85.8 Å². The average molecular weight is 766 g/mol. The van der Waals surface area contributed by atoms with Gasteiger partial charge in [0.15, 0.2) is 0 Å². The molecule has 2 amide bonds. The summed E-state index contributed by atoms with van der Waals surface area (Å²) in [5.41, 5.74) is -2.96. The molecule has 1 spiro atoms. The standard InChI is InChI=1S/C38H38F7N3O6/c1-46(20-33(50)51)32(49)21-53-31-18-24-4-2-3-5-30(24)35(31)10-13-47(14-11-35)15-12-36(26-6-8-29(39)9-7-26)22-48(23-54-36)34(52)25-16-27(37(40,41)42)19-28(17-25)38(43,44)45/h2-9,16-17,19,31H,10-15,18,20-23H2,1H3,(H,50,51)/t31-,36-/m0/s1. The molecule has 0 unspecified atom stereocenters. The van der Waals surface area contributed by atoms with Crippen LogP contribution >= 0.6 is 0 Å². The Morgan fingerprint density at radius 3 is 2.19 bits per heavy atom. The number of benzene rings is 3. The highest BCUT2D eigenvalue weighted by Gasteiger charge is 2.50. The third kappa shape index (κ3) is 8.10. The Labute approximate surface area is 306 Å². The van der Waals surface area contributed by atoms with Crippen molar-refractivity contribution >= 4 is 17.8 Å². The van der Waals surface area contributed by atoms with Gasteiger partial charge in [-0.15, -0.1) is 0 Å². The minimum atomic E-state index is -5.13. The summed E-state index contributed by atoms with van der Waals surface area (Å²) in [6.07, 6.45) is -8.46. The first kappa shape index (κ1) is 39.2. The van der Waals surface area contributed by atoms with Crippen molar-refractivity contribution in [3.8, 4) is 0 Å². The monoisotopic (exact) mass is 765 g/mol. The lowest BCUT2D eigenvalue weighted by atomic mass is 9.72. The number of carbonyl (C=O) groups is 3. The Hall–Kier alpha value is -4.54. The molecule has 2 heterocycles. The molecular formula is C38H38F7N3O6. The molecule has 16 heteroatoms. The topological polar surface area (TPSA) is 99.6 Å². The minimum Gasteiger partial charge on any atom is -0.480 e. The molecule has 290 valence electrons. The van der Waals surface area contributed by atoms with E-state index in [1.807, 2.05) is 18.2 Å². The van der Waals surface area contributed by atoms with Crippen LogP contribution in [0.15, 0.2) is 66.7 Å². The summed E-state index contributed by atoms with van der Waals surface area (Å²) in [6.45, 7) is 0.239. The van der Waals surface area contributed by atoms with Crippen molar-refractivity contribution in [3.05, 3.63) is 106 Å². The Morgan fingerprint density at radius 2 is 1.57 bits per heavy atom. The SMILES string of the molecule is CN(CC(=O)O)C(=O)CO[C@H]1Cc2ccccc2C12CCN(CC[C@@]1(c3ccc(F)cc3)CN(C(=O)c3cc(C(F)(F)F)cc(C(F)(F)F)c3)CO1)CC2. The van der Waals surface area contributed by atoms with Crippen LogP contribution in [0.1, 0.15) is 57.4 Å². The quantitative estimate of drug-likeness (QED) is 0.250. The van der Waals surface area contributed by atoms with Crippen LogP contribution in [0.25, 0.3) is 0 Å². The van der Waals surface area contributed by atoms with Crippen LogP contribution in [-0.2, 0) is 48.9 Å². The summed E-state index contributed by atoms with van der Waals surface area (Å²) >= 11 is 0. The molecular weight excluding hydrogens is 727 g/mol. The van der Waals surface area contributed by atoms with Crippen LogP contribution in [0.5, 0.6) is 0 Å². The van der Waals surface area contributed by atoms with Gasteiger partial charge in [-0.2, -0.15) is 26.3 Å². The highest BCUT2D eigenvalue weighted by molar-refractivity contribution is 5.95. The first-order valence-electron chi connectivity index (χ1n) is 17.3. The third-order valence-electron chi connectivity index (χ3n) is 10.8. The summed E-state index contributed by atoms with van der Waals surface area (Å²) in [5.74, 6) is -3.20. The van der Waals surface area contributed by atoms with Crippen molar-refractivity contribution in [2.45, 2.75) is 55.2 Å². The van der Waals surface area contributed by atoms with Crippen LogP contribution in [0.2, 0.25) is 0 Å². The molecule has 0 saturated carbocycles. The molecule has 3 aromatic carbocycles. The molecule has 0 radical (unpaired) electrons. The fourth-order valence-corrected chi connectivity index (χ4v) is 7.87. The van der Waals surface area contributed by atoms with E-state index >= 15 is 0 Å². The number of fused-ring (bicyclic) bond motifs is 2. The van der Waals surface area contributed by atoms with E-state index < -0.39 is 76.9 Å². The van der Waals surface area contributed by atoms with Gasteiger partial charge in [0.25, 0.3) is 5.91 Å². The van der Waals surface area contributed by atoms with Gasteiger partial charge in [-0.1, -0.05) is 36.4 Å². The number of hydrogen-bond acceptors (Lipinski definition) is 6. The van der Waals surface area contributed by atoms with Crippen molar-refractivity contribution in [1.29, 1.82) is 0 Å². The lowest BCUT2D eigenvalue weighted by Gasteiger charge is -2.44. The molecule has 1 N–H and O–H groups in total. The van der Waals surface area contributed by atoms with Crippen LogP contribution in [0.4, 0.5) is 30.7 Å². The molecule has 2 saturated heterocycles. The van der Waals surface area contributed by atoms with Gasteiger partial charge in [0, 0.05) is 24.6 Å². The number of likely N-dealkylation sites (tertiary alicyclic amines) is 1. The highest BCUT2D eigenvalue weighted by Crippen LogP contribution is 2.48. The van der Waals surface area contributed by atoms with Gasteiger partial charge in [0.05, 0.1) is 23.8 Å². The number of alkyl halides is 6. The number of halogens is 7. The molecule has 2 fully saturated rings. The maximum Gasteiger partial charge on any atom is 0.416 e. The van der Waals surface area contributed by atoms with E-state index in [-0.39, 0.29) is 31.7 Å². The van der Waals surface area contributed by atoms with Crippen LogP contribution in [-0.4, -0.2) is 96.8 Å². The number of likely N-dealkylation sites (N-methyl/N-ethyl adjacent to an activating group) is 1. The fraction of sp³-hybridized carbons (Fsp3) is 0.447. The van der Waals surface area contributed by atoms with Crippen LogP contribution in [0, 0.1) is 5.82 Å². The predicted octanol–water partition coefficient (Wildman–Crippen LogP) is 6.10. The molecule has 1 aliphatic carbocycles. The second kappa shape index (κ2) is 14.9. The van der Waals surface area contributed by atoms with Crippen molar-refractivity contribution in [2.75, 3.05) is 53.1 Å². The molecule has 3 aliphatic rings. The molecule has 3 aromatic rings. The Kier molecular flexibility index (Phi) is 10.8. The number of hydrogen-bond donors (Lipinski definition) is 1. The van der Waals surface area contributed by atoms with E-state index in [2.05, 4.69) is 11.0 Å². The number of carboxylic acids is 1. The maximum atomic E-state index is 14.0. The van der Waals surface area contributed by atoms with Crippen molar-refractivity contribution in [2.24, 2.45) is 0 Å². The Bertz CT molecular complexity index is 1850. The largest absolute Gasteiger partial charge is 0.480 e. The highest BCUT2D eigenvalue weighted by atomic mass is 19.4. The zero-order valence-corrected chi connectivity index (χ0v) is 29.2. The maximum absolute atomic E-state index is 14.0. The zero-order valence-electron chi connectivity index (χ0n) is 29.2. The smallest absolute Gasteiger partial charge is 0.416 e. The van der Waals surface area contributed by atoms with E-state index in [4.69, 9.17) is 14.6 Å². The van der Waals surface area contributed by atoms with Crippen molar-refractivity contribution in [3.63, 3.8) is 0 Å². The zero-order chi connectivity index (χ0) is 39.1. The molecule has 9 nitrogen and oxygen atoms in total. The number of carboxylic acid groups (broad SMARTS) is 1. The third-order valence-corrected chi connectivity index (χ3v) is 10.8. The van der Waals surface area contributed by atoms with Crippen molar-refractivity contribution in [1.82, 2.24) is 14.7 Å². The number of aliphatic carboxylic acids is 1. The van der Waals surface area contributed by atoms with Gasteiger partial charge in [-0.25, -0.2) is 4.39 Å². The van der Waals surface area contributed by atoms with E-state index in [1.54, 1.807) is 0 Å². The summed E-state index contributed by atoms with van der Waals surface area (Å²) in [5, 5.41) is 9.06. The lowest BCUT2D eigenvalue weighted by molar-refractivity contribution is -0.147. The van der Waals surface area contributed by atoms with Gasteiger partial charge in [0.2, 0.25) is 5.91 Å². The van der Waals surface area contributed by atoms with Gasteiger partial charge >= 0.3 is 18.3 Å². The molecule has 2 atom stereocenters. The Morgan fingerprint density at radius 1 is 0.944 bits per heavy atom. The number of nitrogens with zero attached hydrogens (tertiary/aromatic N) is 3. The van der Waals surface area contributed by atoms with E-state index in [0.717, 1.165) is 20.9 Å². The number of amides is 2.